The highest BCUT2D eigenvalue weighted by atomic mass is 32.1. The van der Waals surface area contributed by atoms with Gasteiger partial charge in [0.1, 0.15) is 0 Å². The van der Waals surface area contributed by atoms with Gasteiger partial charge in [0.2, 0.25) is 0 Å². The molecule has 3 aromatic carbocycles. The topological polar surface area (TPSA) is 4.93 Å². The van der Waals surface area contributed by atoms with E-state index in [0.29, 0.717) is 0 Å². The average Bonchev–Trinajstić information content (AvgIpc) is 3.22. The Hall–Kier alpha value is -2.32. The maximum Gasteiger partial charge on any atom is 0.0495 e. The summed E-state index contributed by atoms with van der Waals surface area (Å²) in [7, 11) is 2.23. The third-order valence-corrected chi connectivity index (χ3v) is 7.74. The van der Waals surface area contributed by atoms with Gasteiger partial charge in [0.25, 0.3) is 0 Å². The molecule has 0 aliphatic heterocycles. The van der Waals surface area contributed by atoms with Crippen molar-refractivity contribution in [3.8, 4) is 0 Å². The molecule has 0 N–H and O–H groups in total. The predicted molar refractivity (Wildman–Crippen MR) is 119 cm³/mol. The van der Waals surface area contributed by atoms with Crippen molar-refractivity contribution in [2.24, 2.45) is 7.05 Å². The summed E-state index contributed by atoms with van der Waals surface area (Å²) < 4.78 is 5.18. The summed E-state index contributed by atoms with van der Waals surface area (Å²) >= 11 is 1.91. The highest BCUT2D eigenvalue weighted by Crippen LogP contribution is 2.40. The molecule has 0 saturated heterocycles. The minimum atomic E-state index is 0.758. The Morgan fingerprint density at radius 1 is 0.741 bits per heavy atom. The summed E-state index contributed by atoms with van der Waals surface area (Å²) in [4.78, 5) is 0. The number of thiophene rings is 1. The fourth-order valence-corrected chi connectivity index (χ4v) is 6.25. The number of aryl methyl sites for hydroxylation is 1. The van der Waals surface area contributed by atoms with Crippen molar-refractivity contribution in [2.75, 3.05) is 0 Å². The van der Waals surface area contributed by atoms with Crippen LogP contribution in [0, 0.1) is 0 Å². The minimum Gasteiger partial charge on any atom is -0.344 e. The molecule has 1 aliphatic carbocycles. The van der Waals surface area contributed by atoms with Gasteiger partial charge in [-0.15, -0.1) is 11.3 Å². The molecule has 27 heavy (non-hydrogen) atoms. The molecule has 2 aromatic heterocycles. The zero-order valence-corrected chi connectivity index (χ0v) is 16.5. The van der Waals surface area contributed by atoms with E-state index in [-0.39, 0.29) is 0 Å². The summed E-state index contributed by atoms with van der Waals surface area (Å²) in [6.07, 6.45) is 6.91. The molecular formula is C25H23NS. The number of aromatic nitrogens is 1. The number of hydrogen-bond donors (Lipinski definition) is 0. The van der Waals surface area contributed by atoms with E-state index in [1.54, 1.807) is 5.56 Å². The van der Waals surface area contributed by atoms with E-state index < -0.39 is 0 Å². The van der Waals surface area contributed by atoms with Crippen molar-refractivity contribution in [1.29, 1.82) is 0 Å². The lowest BCUT2D eigenvalue weighted by Gasteiger charge is -2.22. The van der Waals surface area contributed by atoms with Crippen LogP contribution < -0.4 is 0 Å². The van der Waals surface area contributed by atoms with Crippen LogP contribution in [0.2, 0.25) is 0 Å². The van der Waals surface area contributed by atoms with E-state index in [0.717, 1.165) is 5.92 Å². The Labute approximate surface area is 163 Å². The first-order chi connectivity index (χ1) is 13.3. The van der Waals surface area contributed by atoms with Crippen LogP contribution in [0.1, 0.15) is 43.6 Å². The third-order valence-electron chi connectivity index (χ3n) is 6.61. The van der Waals surface area contributed by atoms with Crippen molar-refractivity contribution in [3.63, 3.8) is 0 Å². The quantitative estimate of drug-likeness (QED) is 0.285. The first kappa shape index (κ1) is 15.7. The molecular weight excluding hydrogens is 346 g/mol. The first-order valence-electron chi connectivity index (χ1n) is 10.1. The maximum absolute atomic E-state index is 2.47. The lowest BCUT2D eigenvalue weighted by molar-refractivity contribution is 0.444. The Kier molecular flexibility index (Phi) is 3.40. The molecule has 1 fully saturated rings. The highest BCUT2D eigenvalue weighted by Gasteiger charge is 2.18. The second-order valence-corrected chi connectivity index (χ2v) is 9.22. The molecule has 1 saturated carbocycles. The van der Waals surface area contributed by atoms with Crippen LogP contribution in [0.25, 0.3) is 42.0 Å². The molecule has 0 amide bonds. The van der Waals surface area contributed by atoms with Crippen LogP contribution in [0.4, 0.5) is 0 Å². The summed E-state index contributed by atoms with van der Waals surface area (Å²) in [5.74, 6) is 0.758. The average molecular weight is 370 g/mol. The fraction of sp³-hybridized carbons (Fsp3) is 0.280. The highest BCUT2D eigenvalue weighted by molar-refractivity contribution is 7.25. The van der Waals surface area contributed by atoms with Gasteiger partial charge in [-0.05, 0) is 48.6 Å². The molecule has 2 heterocycles. The second-order valence-electron chi connectivity index (χ2n) is 8.13. The van der Waals surface area contributed by atoms with Crippen molar-refractivity contribution in [2.45, 2.75) is 38.0 Å². The molecule has 134 valence electrons. The molecule has 6 rings (SSSR count). The van der Waals surface area contributed by atoms with Gasteiger partial charge in [0.05, 0.1) is 0 Å². The second kappa shape index (κ2) is 5.84. The zero-order valence-electron chi connectivity index (χ0n) is 15.7. The smallest absolute Gasteiger partial charge is 0.0495 e. The molecule has 5 aromatic rings. The van der Waals surface area contributed by atoms with Crippen molar-refractivity contribution in [3.05, 3.63) is 60.2 Å². The van der Waals surface area contributed by atoms with Gasteiger partial charge >= 0.3 is 0 Å². The standard InChI is InChI=1S/C25H23NS/c1-26-22-13-17(16-7-3-2-4-8-16)11-12-18(22)20-15-25-21(14-23(20)26)19-9-5-6-10-24(19)27-25/h5-6,9-16H,2-4,7-8H2,1H3. The SMILES string of the molecule is Cn1c2cc(C3CCCCC3)ccc2c2cc3sc4ccccc4c3cc21. The number of rotatable bonds is 1. The zero-order chi connectivity index (χ0) is 18.0. The number of nitrogens with zero attached hydrogens (tertiary/aromatic N) is 1. The molecule has 0 spiro atoms. The maximum atomic E-state index is 2.47. The normalized spacial score (nSPS) is 16.2. The minimum absolute atomic E-state index is 0.758. The van der Waals surface area contributed by atoms with Gasteiger partial charge in [0.15, 0.2) is 0 Å². The summed E-state index contributed by atoms with van der Waals surface area (Å²) in [5.41, 5.74) is 4.28. The third kappa shape index (κ3) is 2.29. The van der Waals surface area contributed by atoms with E-state index in [9.17, 15) is 0 Å². The van der Waals surface area contributed by atoms with Crippen molar-refractivity contribution >= 4 is 53.3 Å². The van der Waals surface area contributed by atoms with E-state index in [1.807, 2.05) is 11.3 Å². The van der Waals surface area contributed by atoms with Gasteiger partial charge in [0, 0.05) is 49.0 Å². The van der Waals surface area contributed by atoms with Crippen LogP contribution in [0.15, 0.2) is 54.6 Å². The molecule has 1 nitrogen and oxygen atoms in total. The van der Waals surface area contributed by atoms with Crippen molar-refractivity contribution < 1.29 is 0 Å². The van der Waals surface area contributed by atoms with Gasteiger partial charge in [-0.3, -0.25) is 0 Å². The lowest BCUT2D eigenvalue weighted by atomic mass is 9.84. The molecule has 0 radical (unpaired) electrons. The molecule has 1 aliphatic rings. The van der Waals surface area contributed by atoms with E-state index >= 15 is 0 Å². The Morgan fingerprint density at radius 2 is 1.56 bits per heavy atom. The predicted octanol–water partition coefficient (Wildman–Crippen LogP) is 7.75. The number of hydrogen-bond acceptors (Lipinski definition) is 1. The van der Waals surface area contributed by atoms with Crippen LogP contribution in [0.3, 0.4) is 0 Å². The summed E-state index contributed by atoms with van der Waals surface area (Å²) in [6, 6.07) is 20.8. The van der Waals surface area contributed by atoms with E-state index in [2.05, 4.69) is 66.2 Å². The van der Waals surface area contributed by atoms with E-state index in [4.69, 9.17) is 0 Å². The first-order valence-corrected chi connectivity index (χ1v) is 10.9. The van der Waals surface area contributed by atoms with Gasteiger partial charge < -0.3 is 4.57 Å². The van der Waals surface area contributed by atoms with E-state index in [1.165, 1.54) is 74.1 Å². The van der Waals surface area contributed by atoms with Gasteiger partial charge in [-0.2, -0.15) is 0 Å². The van der Waals surface area contributed by atoms with Crippen LogP contribution in [0.5, 0.6) is 0 Å². The van der Waals surface area contributed by atoms with Crippen molar-refractivity contribution in [1.82, 2.24) is 4.57 Å². The van der Waals surface area contributed by atoms with Crippen LogP contribution >= 0.6 is 11.3 Å². The fourth-order valence-electron chi connectivity index (χ4n) is 5.13. The number of benzene rings is 3. The summed E-state index contributed by atoms with van der Waals surface area (Å²) in [6.45, 7) is 0. The van der Waals surface area contributed by atoms with Gasteiger partial charge in [-0.1, -0.05) is 49.6 Å². The lowest BCUT2D eigenvalue weighted by Crippen LogP contribution is -2.04. The largest absolute Gasteiger partial charge is 0.344 e. The number of fused-ring (bicyclic) bond motifs is 6. The molecule has 2 heteroatoms. The molecule has 0 bridgehead atoms. The van der Waals surface area contributed by atoms with Crippen LogP contribution in [-0.4, -0.2) is 4.57 Å². The monoisotopic (exact) mass is 369 g/mol. The Balaban J connectivity index is 1.62. The Morgan fingerprint density at radius 3 is 2.44 bits per heavy atom. The molecule has 0 atom stereocenters. The Bertz CT molecular complexity index is 1310. The molecule has 0 unspecified atom stereocenters. The summed E-state index contributed by atoms with van der Waals surface area (Å²) in [5, 5.41) is 5.56. The van der Waals surface area contributed by atoms with Crippen LogP contribution in [-0.2, 0) is 7.05 Å². The van der Waals surface area contributed by atoms with Gasteiger partial charge in [-0.25, -0.2) is 0 Å².